The average molecular weight is 459 g/mol. The molecule has 0 saturated heterocycles. The first-order valence-corrected chi connectivity index (χ1v) is 12.7. The van der Waals surface area contributed by atoms with Gasteiger partial charge in [-0.15, -0.1) is 0 Å². The van der Waals surface area contributed by atoms with Gasteiger partial charge in [-0.3, -0.25) is 0 Å². The molecule has 0 aromatic heterocycles. The molecule has 4 N–H and O–H groups in total. The van der Waals surface area contributed by atoms with Gasteiger partial charge in [0.15, 0.2) is 0 Å². The highest BCUT2D eigenvalue weighted by atomic mass is 16.3. The number of nitrogens with two attached hydrogens (primary N) is 1. The molecule has 0 amide bonds. The number of allylic oxidation sites excluding steroid dienone is 7. The average Bonchev–Trinajstić information content (AvgIpc) is 2.70. The summed E-state index contributed by atoms with van der Waals surface area (Å²) in [6.07, 6.45) is 8.55. The highest BCUT2D eigenvalue weighted by Gasteiger charge is 2.47. The zero-order chi connectivity index (χ0) is 25.1. The van der Waals surface area contributed by atoms with Crippen molar-refractivity contribution in [1.82, 2.24) is 4.90 Å². The summed E-state index contributed by atoms with van der Waals surface area (Å²) in [6.45, 7) is 16.3. The van der Waals surface area contributed by atoms with Crippen LogP contribution < -0.4 is 5.73 Å². The lowest BCUT2D eigenvalue weighted by Crippen LogP contribution is -2.54. The molecule has 2 aliphatic carbocycles. The summed E-state index contributed by atoms with van der Waals surface area (Å²) in [7, 11) is 4.01. The molecule has 0 aliphatic heterocycles. The third kappa shape index (κ3) is 6.48. The van der Waals surface area contributed by atoms with Crippen molar-refractivity contribution in [2.24, 2.45) is 23.0 Å². The van der Waals surface area contributed by atoms with Gasteiger partial charge in [0.05, 0.1) is 12.2 Å². The van der Waals surface area contributed by atoms with Gasteiger partial charge in [0, 0.05) is 18.4 Å². The van der Waals surface area contributed by atoms with E-state index in [1.807, 2.05) is 14.1 Å². The topological polar surface area (TPSA) is 69.7 Å². The smallest absolute Gasteiger partial charge is 0.0738 e. The van der Waals surface area contributed by atoms with Gasteiger partial charge < -0.3 is 20.8 Å². The molecular weight excluding hydrogens is 408 g/mol. The molecule has 0 heterocycles. The van der Waals surface area contributed by atoms with Gasteiger partial charge in [-0.25, -0.2) is 0 Å². The molecule has 4 atom stereocenters. The van der Waals surface area contributed by atoms with Crippen molar-refractivity contribution in [3.8, 4) is 0 Å². The first-order chi connectivity index (χ1) is 15.2. The molecule has 188 valence electrons. The van der Waals surface area contributed by atoms with Crippen LogP contribution in [-0.4, -0.2) is 54.0 Å². The van der Waals surface area contributed by atoms with Crippen LogP contribution in [0, 0.1) is 17.3 Å². The summed E-state index contributed by atoms with van der Waals surface area (Å²) in [4.78, 5) is 2.07. The second kappa shape index (κ2) is 11.0. The van der Waals surface area contributed by atoms with Gasteiger partial charge >= 0.3 is 0 Å². The molecule has 1 fully saturated rings. The molecule has 33 heavy (non-hydrogen) atoms. The van der Waals surface area contributed by atoms with Crippen LogP contribution >= 0.6 is 0 Å². The summed E-state index contributed by atoms with van der Waals surface area (Å²) >= 11 is 0. The first-order valence-electron chi connectivity index (χ1n) is 12.7. The van der Waals surface area contributed by atoms with E-state index in [4.69, 9.17) is 5.73 Å². The van der Waals surface area contributed by atoms with Crippen molar-refractivity contribution in [2.45, 2.75) is 92.2 Å². The summed E-state index contributed by atoms with van der Waals surface area (Å²) < 4.78 is 0. The molecule has 0 bridgehead atoms. The molecule has 4 heteroatoms. The van der Waals surface area contributed by atoms with Crippen LogP contribution in [0.3, 0.4) is 0 Å². The van der Waals surface area contributed by atoms with E-state index in [2.05, 4.69) is 65.5 Å². The van der Waals surface area contributed by atoms with Gasteiger partial charge in [-0.1, -0.05) is 56.6 Å². The standard InChI is InChI=1S/C29H50N2O2/c1-19(17-30)15-29(33)16-24-21(3)13-22(4)25(28(5,6)7)12-10-11-20(2)23(24)14-26(29)27(18-32)31(8)9/h10,12,19,26-27,32-33H,11,13-18,30H2,1-9H3/b12-10-,23-20-,24-21-,25-22+/t19?,26-,27+,29+/m0/s1. The SMILES string of the molecule is C/C1=C2\C[C@@H]([C@@H](CO)N(C)C)[C@@](O)(CC(C)CN)C\C2=C(/C)C/C(C)=C(C(C)(C)C)\C=C/C1. The number of fused-ring (bicyclic) bond motifs is 1. The molecular formula is C29H50N2O2. The maximum absolute atomic E-state index is 12.2. The van der Waals surface area contributed by atoms with Gasteiger partial charge in [0.2, 0.25) is 0 Å². The van der Waals surface area contributed by atoms with Crippen LogP contribution in [0.1, 0.15) is 80.6 Å². The van der Waals surface area contributed by atoms with E-state index in [-0.39, 0.29) is 29.9 Å². The minimum Gasteiger partial charge on any atom is -0.395 e. The van der Waals surface area contributed by atoms with E-state index in [0.29, 0.717) is 19.4 Å². The fraction of sp³-hybridized carbons (Fsp3) is 0.724. The van der Waals surface area contributed by atoms with Crippen molar-refractivity contribution >= 4 is 0 Å². The Morgan fingerprint density at radius 3 is 2.27 bits per heavy atom. The number of nitrogens with zero attached hydrogens (tertiary/aromatic N) is 1. The zero-order valence-corrected chi connectivity index (χ0v) is 22.8. The fourth-order valence-corrected chi connectivity index (χ4v) is 6.08. The normalized spacial score (nSPS) is 34.8. The van der Waals surface area contributed by atoms with Crippen LogP contribution in [0.2, 0.25) is 0 Å². The molecule has 1 saturated carbocycles. The second-order valence-corrected chi connectivity index (χ2v) is 12.1. The van der Waals surface area contributed by atoms with Crippen molar-refractivity contribution in [2.75, 3.05) is 27.2 Å². The summed E-state index contributed by atoms with van der Waals surface area (Å²) in [6, 6.07) is -0.0952. The second-order valence-electron chi connectivity index (χ2n) is 12.1. The van der Waals surface area contributed by atoms with Crippen molar-refractivity contribution < 1.29 is 10.2 Å². The molecule has 2 rings (SSSR count). The molecule has 0 spiro atoms. The summed E-state index contributed by atoms with van der Waals surface area (Å²) in [5.41, 5.74) is 13.5. The molecule has 2 aliphatic rings. The summed E-state index contributed by atoms with van der Waals surface area (Å²) in [5.74, 6) is 0.185. The quantitative estimate of drug-likeness (QED) is 0.500. The molecule has 0 aromatic carbocycles. The number of aliphatic hydroxyl groups is 2. The van der Waals surface area contributed by atoms with E-state index in [0.717, 1.165) is 19.3 Å². The first kappa shape index (κ1) is 28.0. The van der Waals surface area contributed by atoms with E-state index in [1.54, 1.807) is 0 Å². The van der Waals surface area contributed by atoms with E-state index < -0.39 is 5.60 Å². The molecule has 0 aromatic rings. The Hall–Kier alpha value is -1.20. The van der Waals surface area contributed by atoms with Crippen LogP contribution in [0.5, 0.6) is 0 Å². The number of aliphatic hydroxyl groups excluding tert-OH is 1. The van der Waals surface area contributed by atoms with Crippen molar-refractivity contribution in [1.29, 1.82) is 0 Å². The lowest BCUT2D eigenvalue weighted by molar-refractivity contribution is -0.0790. The highest BCUT2D eigenvalue weighted by molar-refractivity contribution is 5.46. The minimum absolute atomic E-state index is 0.0397. The Labute approximate surface area is 203 Å². The maximum atomic E-state index is 12.2. The van der Waals surface area contributed by atoms with Gasteiger partial charge in [-0.2, -0.15) is 0 Å². The largest absolute Gasteiger partial charge is 0.395 e. The maximum Gasteiger partial charge on any atom is 0.0738 e. The number of rotatable bonds is 6. The van der Waals surface area contributed by atoms with Crippen molar-refractivity contribution in [3.05, 3.63) is 45.6 Å². The number of hydrogen-bond donors (Lipinski definition) is 3. The van der Waals surface area contributed by atoms with Crippen LogP contribution in [-0.2, 0) is 0 Å². The third-order valence-corrected chi connectivity index (χ3v) is 7.92. The Bertz CT molecular complexity index is 825. The third-order valence-electron chi connectivity index (χ3n) is 7.92. The highest BCUT2D eigenvalue weighted by Crippen LogP contribution is 2.49. The fourth-order valence-electron chi connectivity index (χ4n) is 6.08. The van der Waals surface area contributed by atoms with Gasteiger partial charge in [0.25, 0.3) is 0 Å². The van der Waals surface area contributed by atoms with E-state index in [1.165, 1.54) is 33.4 Å². The zero-order valence-electron chi connectivity index (χ0n) is 22.8. The minimum atomic E-state index is -0.888. The Morgan fingerprint density at radius 2 is 1.76 bits per heavy atom. The lowest BCUT2D eigenvalue weighted by atomic mass is 9.63. The molecule has 1 unspecified atom stereocenters. The molecule has 4 nitrogen and oxygen atoms in total. The lowest BCUT2D eigenvalue weighted by Gasteiger charge is -2.49. The monoisotopic (exact) mass is 458 g/mol. The number of likely N-dealkylation sites (N-methyl/N-ethyl adjacent to an activating group) is 1. The van der Waals surface area contributed by atoms with Crippen molar-refractivity contribution in [3.63, 3.8) is 0 Å². The van der Waals surface area contributed by atoms with E-state index >= 15 is 0 Å². The summed E-state index contributed by atoms with van der Waals surface area (Å²) in [5, 5.41) is 22.5. The Balaban J connectivity index is 2.66. The Morgan fingerprint density at radius 1 is 1.12 bits per heavy atom. The molecule has 0 radical (unpaired) electrons. The van der Waals surface area contributed by atoms with Gasteiger partial charge in [-0.05, 0) is 95.1 Å². The number of hydrogen-bond acceptors (Lipinski definition) is 4. The Kier molecular flexibility index (Phi) is 9.37. The van der Waals surface area contributed by atoms with Crippen LogP contribution in [0.25, 0.3) is 0 Å². The van der Waals surface area contributed by atoms with Crippen LogP contribution in [0.4, 0.5) is 0 Å². The predicted molar refractivity (Wildman–Crippen MR) is 141 cm³/mol. The predicted octanol–water partition coefficient (Wildman–Crippen LogP) is 5.38. The van der Waals surface area contributed by atoms with Gasteiger partial charge in [0.1, 0.15) is 0 Å². The van der Waals surface area contributed by atoms with E-state index in [9.17, 15) is 10.2 Å². The van der Waals surface area contributed by atoms with Crippen LogP contribution in [0.15, 0.2) is 45.6 Å².